The molecule has 2 rings (SSSR count). The van der Waals surface area contributed by atoms with Gasteiger partial charge in [-0.3, -0.25) is 9.20 Å². The summed E-state index contributed by atoms with van der Waals surface area (Å²) in [5.74, 6) is -1.64. The second-order valence-electron chi connectivity index (χ2n) is 6.93. The summed E-state index contributed by atoms with van der Waals surface area (Å²) in [5.41, 5.74) is -0.0446. The molecule has 8 heteroatoms. The Morgan fingerprint density at radius 3 is 2.62 bits per heavy atom. The quantitative estimate of drug-likeness (QED) is 0.816. The van der Waals surface area contributed by atoms with E-state index in [0.29, 0.717) is 18.5 Å². The Kier molecular flexibility index (Phi) is 5.06. The minimum atomic E-state index is -1.09. The highest BCUT2D eigenvalue weighted by Gasteiger charge is 2.23. The zero-order valence-corrected chi connectivity index (χ0v) is 14.0. The van der Waals surface area contributed by atoms with Gasteiger partial charge in [0.05, 0.1) is 0 Å². The molecule has 0 saturated heterocycles. The van der Waals surface area contributed by atoms with Gasteiger partial charge < -0.3 is 10.4 Å². The van der Waals surface area contributed by atoms with E-state index in [4.69, 9.17) is 0 Å². The summed E-state index contributed by atoms with van der Waals surface area (Å²) in [6, 6.07) is 4.09. The number of nitrogens with one attached hydrogen (secondary N) is 1. The fourth-order valence-corrected chi connectivity index (χ4v) is 2.28. The molecule has 2 aromatic rings. The van der Waals surface area contributed by atoms with Crippen molar-refractivity contribution >= 4 is 17.5 Å². The van der Waals surface area contributed by atoms with Crippen LogP contribution in [-0.2, 0) is 16.1 Å². The van der Waals surface area contributed by atoms with Gasteiger partial charge in [-0.05, 0) is 30.4 Å². The maximum atomic E-state index is 12.1. The van der Waals surface area contributed by atoms with Crippen LogP contribution in [0.1, 0.15) is 33.6 Å². The lowest BCUT2D eigenvalue weighted by atomic mass is 9.88. The number of rotatable bonds is 6. The molecule has 0 saturated carbocycles. The SMILES string of the molecule is CC(C)(C)CCC(NC(=O)Cn1nc2ccccn2c1=O)C(=O)O. The van der Waals surface area contributed by atoms with Crippen molar-refractivity contribution in [2.24, 2.45) is 5.41 Å². The normalized spacial score (nSPS) is 13.0. The Morgan fingerprint density at radius 1 is 1.33 bits per heavy atom. The third-order valence-corrected chi connectivity index (χ3v) is 3.60. The molecule has 1 atom stereocenters. The van der Waals surface area contributed by atoms with Crippen LogP contribution in [0.3, 0.4) is 0 Å². The molecular formula is C16H22N4O4. The van der Waals surface area contributed by atoms with E-state index in [1.54, 1.807) is 24.4 Å². The van der Waals surface area contributed by atoms with E-state index < -0.39 is 23.6 Å². The average Bonchev–Trinajstić information content (AvgIpc) is 2.79. The van der Waals surface area contributed by atoms with Gasteiger partial charge in [0.2, 0.25) is 5.91 Å². The summed E-state index contributed by atoms with van der Waals surface area (Å²) in [6.45, 7) is 5.69. The zero-order valence-electron chi connectivity index (χ0n) is 14.0. The van der Waals surface area contributed by atoms with E-state index in [0.717, 1.165) is 4.68 Å². The standard InChI is InChI=1S/C16H22N4O4/c1-16(2,3)8-7-11(14(22)23)17-13(21)10-20-15(24)19-9-5-4-6-12(19)18-20/h4-6,9,11H,7-8,10H2,1-3H3,(H,17,21)(H,22,23). The van der Waals surface area contributed by atoms with Gasteiger partial charge in [0.1, 0.15) is 12.6 Å². The molecular weight excluding hydrogens is 312 g/mol. The first-order valence-electron chi connectivity index (χ1n) is 7.74. The molecule has 0 aromatic carbocycles. The molecule has 2 aromatic heterocycles. The van der Waals surface area contributed by atoms with Crippen molar-refractivity contribution in [2.75, 3.05) is 0 Å². The largest absolute Gasteiger partial charge is 0.480 e. The zero-order chi connectivity index (χ0) is 17.9. The molecule has 0 bridgehead atoms. The number of pyridine rings is 1. The Hall–Kier alpha value is -2.64. The minimum absolute atomic E-state index is 0.0308. The number of nitrogens with zero attached hydrogens (tertiary/aromatic N) is 3. The van der Waals surface area contributed by atoms with Crippen LogP contribution in [0.15, 0.2) is 29.2 Å². The third-order valence-electron chi connectivity index (χ3n) is 3.60. The van der Waals surface area contributed by atoms with Crippen molar-refractivity contribution < 1.29 is 14.7 Å². The first-order chi connectivity index (χ1) is 11.2. The summed E-state index contributed by atoms with van der Waals surface area (Å²) in [6.07, 6.45) is 2.53. The summed E-state index contributed by atoms with van der Waals surface area (Å²) >= 11 is 0. The van der Waals surface area contributed by atoms with Gasteiger partial charge in [0.15, 0.2) is 5.65 Å². The summed E-state index contributed by atoms with van der Waals surface area (Å²) in [5, 5.41) is 15.8. The number of aromatic nitrogens is 3. The number of carboxylic acid groups (broad SMARTS) is 1. The Bertz CT molecular complexity index is 800. The van der Waals surface area contributed by atoms with Crippen molar-refractivity contribution in [1.29, 1.82) is 0 Å². The summed E-state index contributed by atoms with van der Waals surface area (Å²) in [7, 11) is 0. The third kappa shape index (κ3) is 4.43. The molecule has 0 aliphatic heterocycles. The van der Waals surface area contributed by atoms with Gasteiger partial charge in [-0.1, -0.05) is 26.8 Å². The van der Waals surface area contributed by atoms with Crippen LogP contribution < -0.4 is 11.0 Å². The molecule has 2 heterocycles. The van der Waals surface area contributed by atoms with Gasteiger partial charge >= 0.3 is 11.7 Å². The molecule has 0 aliphatic carbocycles. The van der Waals surface area contributed by atoms with Crippen LogP contribution in [0.4, 0.5) is 0 Å². The molecule has 0 fully saturated rings. The summed E-state index contributed by atoms with van der Waals surface area (Å²) < 4.78 is 2.34. The number of amides is 1. The Morgan fingerprint density at radius 2 is 2.04 bits per heavy atom. The van der Waals surface area contributed by atoms with E-state index in [9.17, 15) is 19.5 Å². The predicted octanol–water partition coefficient (Wildman–Crippen LogP) is 0.892. The van der Waals surface area contributed by atoms with Crippen LogP contribution >= 0.6 is 0 Å². The monoisotopic (exact) mass is 334 g/mol. The topological polar surface area (TPSA) is 106 Å². The van der Waals surface area contributed by atoms with E-state index in [1.807, 2.05) is 20.8 Å². The first-order valence-corrected chi connectivity index (χ1v) is 7.74. The Balaban J connectivity index is 2.06. The molecule has 24 heavy (non-hydrogen) atoms. The van der Waals surface area contributed by atoms with Crippen molar-refractivity contribution in [1.82, 2.24) is 19.5 Å². The predicted molar refractivity (Wildman–Crippen MR) is 87.7 cm³/mol. The minimum Gasteiger partial charge on any atom is -0.480 e. The van der Waals surface area contributed by atoms with Crippen LogP contribution in [0.2, 0.25) is 0 Å². The van der Waals surface area contributed by atoms with Crippen molar-refractivity contribution in [3.05, 3.63) is 34.9 Å². The summed E-state index contributed by atoms with van der Waals surface area (Å²) in [4.78, 5) is 35.5. The maximum Gasteiger partial charge on any atom is 0.350 e. The highest BCUT2D eigenvalue weighted by atomic mass is 16.4. The maximum absolute atomic E-state index is 12.1. The van der Waals surface area contributed by atoms with Crippen LogP contribution in [0.25, 0.3) is 5.65 Å². The van der Waals surface area contributed by atoms with Gasteiger partial charge in [0, 0.05) is 6.20 Å². The van der Waals surface area contributed by atoms with Crippen molar-refractivity contribution in [3.63, 3.8) is 0 Å². The number of carbonyl (C=O) groups is 2. The fourth-order valence-electron chi connectivity index (χ4n) is 2.28. The van der Waals surface area contributed by atoms with Gasteiger partial charge in [-0.15, -0.1) is 5.10 Å². The van der Waals surface area contributed by atoms with Crippen LogP contribution in [0, 0.1) is 5.41 Å². The molecule has 1 unspecified atom stereocenters. The number of hydrogen-bond donors (Lipinski definition) is 2. The van der Waals surface area contributed by atoms with Crippen molar-refractivity contribution in [2.45, 2.75) is 46.2 Å². The van der Waals surface area contributed by atoms with E-state index in [-0.39, 0.29) is 12.0 Å². The van der Waals surface area contributed by atoms with Gasteiger partial charge in [0.25, 0.3) is 0 Å². The molecule has 0 aliphatic rings. The molecule has 2 N–H and O–H groups in total. The van der Waals surface area contributed by atoms with E-state index in [1.165, 1.54) is 4.40 Å². The smallest absolute Gasteiger partial charge is 0.350 e. The number of carboxylic acids is 1. The first kappa shape index (κ1) is 17.7. The van der Waals surface area contributed by atoms with Crippen LogP contribution in [-0.4, -0.2) is 37.2 Å². The number of carbonyl (C=O) groups excluding carboxylic acids is 1. The lowest BCUT2D eigenvalue weighted by Crippen LogP contribution is -2.43. The Labute approximate surface area is 139 Å². The van der Waals surface area contributed by atoms with Crippen LogP contribution in [0.5, 0.6) is 0 Å². The molecule has 130 valence electrons. The molecule has 1 amide bonds. The number of aliphatic carboxylic acids is 1. The second-order valence-corrected chi connectivity index (χ2v) is 6.93. The highest BCUT2D eigenvalue weighted by molar-refractivity contribution is 5.83. The fraction of sp³-hybridized carbons (Fsp3) is 0.500. The number of fused-ring (bicyclic) bond motifs is 1. The van der Waals surface area contributed by atoms with Gasteiger partial charge in [-0.25, -0.2) is 14.3 Å². The highest BCUT2D eigenvalue weighted by Crippen LogP contribution is 2.21. The molecule has 0 radical (unpaired) electrons. The second kappa shape index (κ2) is 6.86. The lowest BCUT2D eigenvalue weighted by molar-refractivity contribution is -0.142. The van der Waals surface area contributed by atoms with Crippen molar-refractivity contribution in [3.8, 4) is 0 Å². The van der Waals surface area contributed by atoms with E-state index in [2.05, 4.69) is 10.4 Å². The molecule has 0 spiro atoms. The number of hydrogen-bond acceptors (Lipinski definition) is 4. The van der Waals surface area contributed by atoms with E-state index >= 15 is 0 Å². The lowest BCUT2D eigenvalue weighted by Gasteiger charge is -2.21. The molecule has 8 nitrogen and oxygen atoms in total. The average molecular weight is 334 g/mol. The van der Waals surface area contributed by atoms with Gasteiger partial charge in [-0.2, -0.15) is 0 Å².